The lowest BCUT2D eigenvalue weighted by Gasteiger charge is -2.28. The van der Waals surface area contributed by atoms with Crippen LogP contribution in [-0.2, 0) is 45.3 Å². The highest BCUT2D eigenvalue weighted by Crippen LogP contribution is 2.29. The molecular weight excluding hydrogens is 656 g/mol. The minimum atomic E-state index is -4.48. The topological polar surface area (TPSA) is 123 Å². The number of nitrogens with one attached hydrogen (secondary N) is 3. The molecule has 11 heteroatoms. The number of halogens is 2. The molecular formula is C40H41F2N3O6. The SMILES string of the molecule is O=C(N[C@H](C(=O)N[C@@H](Cc1ccc(OCc2ccccc2)cc1)C(=O)C(F)(F)C(=O)NCc1ccccc1)C1CCCC1)OCc1ccccc1. The standard InChI is InChI=1S/C40H41F2N3O6/c41-40(42,38(48)43-25-29-12-4-1-5-13-29)36(46)34(24-28-20-22-33(23-21-28)50-26-30-14-6-2-7-15-30)44-37(47)35(32-18-10-11-19-32)45-39(49)51-27-31-16-8-3-9-17-31/h1-9,12-17,20-23,32,34-35H,10-11,18-19,24-27H2,(H,43,48)(H,44,47)(H,45,49)/t34-,35-/m0/s1. The zero-order chi connectivity index (χ0) is 36.1. The van der Waals surface area contributed by atoms with Gasteiger partial charge in [-0.2, -0.15) is 8.78 Å². The van der Waals surface area contributed by atoms with Crippen LogP contribution in [-0.4, -0.2) is 41.7 Å². The fraction of sp³-hybridized carbons (Fsp3) is 0.300. The molecule has 266 valence electrons. The van der Waals surface area contributed by atoms with Crippen molar-refractivity contribution in [3.8, 4) is 5.75 Å². The van der Waals surface area contributed by atoms with Crippen LogP contribution in [0.25, 0.3) is 0 Å². The molecule has 0 heterocycles. The Morgan fingerprint density at radius 1 is 0.686 bits per heavy atom. The van der Waals surface area contributed by atoms with Crippen LogP contribution in [0.2, 0.25) is 0 Å². The number of ether oxygens (including phenoxy) is 2. The molecule has 5 rings (SSSR count). The summed E-state index contributed by atoms with van der Waals surface area (Å²) in [6.45, 7) is 0.0515. The van der Waals surface area contributed by atoms with Gasteiger partial charge in [0.15, 0.2) is 0 Å². The summed E-state index contributed by atoms with van der Waals surface area (Å²) >= 11 is 0. The number of benzene rings is 4. The molecule has 0 aliphatic heterocycles. The monoisotopic (exact) mass is 697 g/mol. The zero-order valence-electron chi connectivity index (χ0n) is 28.1. The van der Waals surface area contributed by atoms with E-state index in [-0.39, 0.29) is 25.5 Å². The Bertz CT molecular complexity index is 1730. The van der Waals surface area contributed by atoms with Gasteiger partial charge in [0, 0.05) is 13.0 Å². The van der Waals surface area contributed by atoms with Crippen molar-refractivity contribution in [2.45, 2.75) is 69.9 Å². The lowest BCUT2D eigenvalue weighted by atomic mass is 9.94. The van der Waals surface area contributed by atoms with Gasteiger partial charge < -0.3 is 25.4 Å². The van der Waals surface area contributed by atoms with E-state index in [4.69, 9.17) is 9.47 Å². The number of hydrogen-bond acceptors (Lipinski definition) is 6. The van der Waals surface area contributed by atoms with E-state index in [1.165, 1.54) is 0 Å². The van der Waals surface area contributed by atoms with E-state index in [1.54, 1.807) is 78.9 Å². The van der Waals surface area contributed by atoms with E-state index in [2.05, 4.69) is 16.0 Å². The van der Waals surface area contributed by atoms with Crippen LogP contribution in [0.3, 0.4) is 0 Å². The summed E-state index contributed by atoms with van der Waals surface area (Å²) in [6.07, 6.45) is 1.65. The third-order valence-corrected chi connectivity index (χ3v) is 8.77. The van der Waals surface area contributed by atoms with Crippen LogP contribution in [0.1, 0.15) is 47.9 Å². The molecule has 9 nitrogen and oxygen atoms in total. The first-order valence-electron chi connectivity index (χ1n) is 17.0. The maximum Gasteiger partial charge on any atom is 0.408 e. The number of rotatable bonds is 16. The van der Waals surface area contributed by atoms with Gasteiger partial charge >= 0.3 is 12.0 Å². The van der Waals surface area contributed by atoms with Crippen LogP contribution in [0, 0.1) is 5.92 Å². The number of hydrogen-bond donors (Lipinski definition) is 3. The van der Waals surface area contributed by atoms with Crippen molar-refractivity contribution < 1.29 is 37.4 Å². The van der Waals surface area contributed by atoms with E-state index in [1.807, 2.05) is 36.4 Å². The highest BCUT2D eigenvalue weighted by Gasteiger charge is 2.51. The third-order valence-electron chi connectivity index (χ3n) is 8.77. The van der Waals surface area contributed by atoms with Gasteiger partial charge in [-0.05, 0) is 53.1 Å². The molecule has 2 atom stereocenters. The Balaban J connectivity index is 1.31. The number of ketones is 1. The normalized spacial score (nSPS) is 14.2. The van der Waals surface area contributed by atoms with Gasteiger partial charge in [0.2, 0.25) is 11.7 Å². The molecule has 0 spiro atoms. The third kappa shape index (κ3) is 10.7. The molecule has 0 aromatic heterocycles. The second kappa shape index (κ2) is 17.9. The largest absolute Gasteiger partial charge is 0.489 e. The van der Waals surface area contributed by atoms with Gasteiger partial charge in [0.25, 0.3) is 5.91 Å². The Morgan fingerprint density at radius 2 is 1.24 bits per heavy atom. The molecule has 1 saturated carbocycles. The van der Waals surface area contributed by atoms with E-state index in [0.717, 1.165) is 24.0 Å². The van der Waals surface area contributed by atoms with Gasteiger partial charge in [-0.25, -0.2) is 4.79 Å². The lowest BCUT2D eigenvalue weighted by molar-refractivity contribution is -0.160. The van der Waals surface area contributed by atoms with Crippen molar-refractivity contribution in [3.63, 3.8) is 0 Å². The van der Waals surface area contributed by atoms with Gasteiger partial charge in [0.1, 0.15) is 25.0 Å². The number of Topliss-reactive ketones (excluding diaryl/α,β-unsaturated/α-hetero) is 1. The zero-order valence-corrected chi connectivity index (χ0v) is 28.1. The van der Waals surface area contributed by atoms with Crippen molar-refractivity contribution in [1.82, 2.24) is 16.0 Å². The van der Waals surface area contributed by atoms with Crippen LogP contribution in [0.15, 0.2) is 115 Å². The number of alkyl carbamates (subject to hydrolysis) is 1. The molecule has 1 aliphatic rings. The summed E-state index contributed by atoms with van der Waals surface area (Å²) in [5.41, 5.74) is 2.70. The van der Waals surface area contributed by atoms with Crippen molar-refractivity contribution in [3.05, 3.63) is 138 Å². The summed E-state index contributed by atoms with van der Waals surface area (Å²) < 4.78 is 42.4. The highest BCUT2D eigenvalue weighted by molar-refractivity contribution is 6.10. The van der Waals surface area contributed by atoms with Gasteiger partial charge in [-0.15, -0.1) is 0 Å². The summed E-state index contributed by atoms with van der Waals surface area (Å²) in [5, 5.41) is 7.21. The predicted molar refractivity (Wildman–Crippen MR) is 187 cm³/mol. The van der Waals surface area contributed by atoms with Gasteiger partial charge in [0.05, 0.1) is 6.04 Å². The highest BCUT2D eigenvalue weighted by atomic mass is 19.3. The van der Waals surface area contributed by atoms with E-state index >= 15 is 8.78 Å². The van der Waals surface area contributed by atoms with Crippen molar-refractivity contribution >= 4 is 23.7 Å². The maximum atomic E-state index is 15.6. The predicted octanol–water partition coefficient (Wildman–Crippen LogP) is 6.30. The number of amides is 3. The second-order valence-corrected chi connectivity index (χ2v) is 12.5. The Morgan fingerprint density at radius 3 is 1.82 bits per heavy atom. The molecule has 51 heavy (non-hydrogen) atoms. The average Bonchev–Trinajstić information content (AvgIpc) is 3.70. The van der Waals surface area contributed by atoms with E-state index in [9.17, 15) is 19.2 Å². The lowest BCUT2D eigenvalue weighted by Crippen LogP contribution is -2.59. The van der Waals surface area contributed by atoms with Crippen LogP contribution < -0.4 is 20.7 Å². The molecule has 0 unspecified atom stereocenters. The molecule has 3 amide bonds. The van der Waals surface area contributed by atoms with Crippen molar-refractivity contribution in [1.29, 1.82) is 0 Å². The minimum absolute atomic E-state index is 0.0395. The summed E-state index contributed by atoms with van der Waals surface area (Å²) in [4.78, 5) is 53.0. The van der Waals surface area contributed by atoms with Crippen LogP contribution in [0.4, 0.5) is 13.6 Å². The molecule has 0 saturated heterocycles. The first-order valence-corrected chi connectivity index (χ1v) is 17.0. The molecule has 3 N–H and O–H groups in total. The molecule has 4 aromatic rings. The number of carbonyl (C=O) groups is 4. The first kappa shape index (κ1) is 36.7. The quantitative estimate of drug-likeness (QED) is 0.118. The van der Waals surface area contributed by atoms with Crippen LogP contribution in [0.5, 0.6) is 5.75 Å². The van der Waals surface area contributed by atoms with Crippen molar-refractivity contribution in [2.24, 2.45) is 5.92 Å². The Labute approximate surface area is 295 Å². The van der Waals surface area contributed by atoms with Gasteiger partial charge in [-0.3, -0.25) is 14.4 Å². The summed E-state index contributed by atoms with van der Waals surface area (Å²) in [7, 11) is 0. The first-order chi connectivity index (χ1) is 24.7. The molecule has 1 fully saturated rings. The fourth-order valence-electron chi connectivity index (χ4n) is 5.97. The Hall–Kier alpha value is -5.58. The fourth-order valence-corrected chi connectivity index (χ4v) is 5.97. The Kier molecular flexibility index (Phi) is 12.9. The smallest absolute Gasteiger partial charge is 0.408 e. The minimum Gasteiger partial charge on any atom is -0.489 e. The molecule has 0 radical (unpaired) electrons. The number of alkyl halides is 2. The van der Waals surface area contributed by atoms with E-state index < -0.39 is 41.7 Å². The average molecular weight is 698 g/mol. The second-order valence-electron chi connectivity index (χ2n) is 12.5. The maximum absolute atomic E-state index is 15.6. The number of carbonyl (C=O) groups excluding carboxylic acids is 4. The molecule has 4 aromatic carbocycles. The summed E-state index contributed by atoms with van der Waals surface area (Å²) in [6, 6.07) is 30.5. The van der Waals surface area contributed by atoms with E-state index in [0.29, 0.717) is 36.3 Å². The summed E-state index contributed by atoms with van der Waals surface area (Å²) in [5.74, 6) is -8.64. The van der Waals surface area contributed by atoms with Crippen molar-refractivity contribution in [2.75, 3.05) is 0 Å². The van der Waals surface area contributed by atoms with Crippen LogP contribution >= 0.6 is 0 Å². The molecule has 0 bridgehead atoms. The molecule has 1 aliphatic carbocycles. The van der Waals surface area contributed by atoms with Gasteiger partial charge in [-0.1, -0.05) is 116 Å².